The van der Waals surface area contributed by atoms with Crippen molar-refractivity contribution in [3.8, 4) is 0 Å². The molecule has 2 saturated heterocycles. The summed E-state index contributed by atoms with van der Waals surface area (Å²) in [5.74, 6) is 0.184. The molecule has 2 heterocycles. The van der Waals surface area contributed by atoms with Crippen LogP contribution < -0.4 is 10.6 Å². The monoisotopic (exact) mass is 394 g/mol. The quantitative estimate of drug-likeness (QED) is 0.823. The third-order valence-electron chi connectivity index (χ3n) is 5.37. The van der Waals surface area contributed by atoms with Crippen LogP contribution in [0.25, 0.3) is 0 Å². The first-order valence-corrected chi connectivity index (χ1v) is 9.68. The van der Waals surface area contributed by atoms with E-state index >= 15 is 0 Å². The maximum absolute atomic E-state index is 12.6. The molecule has 27 heavy (non-hydrogen) atoms. The van der Waals surface area contributed by atoms with Crippen molar-refractivity contribution in [3.63, 3.8) is 0 Å². The Morgan fingerprint density at radius 1 is 1.19 bits per heavy atom. The van der Waals surface area contributed by atoms with Gasteiger partial charge in [-0.15, -0.1) is 12.4 Å². The summed E-state index contributed by atoms with van der Waals surface area (Å²) in [5, 5.41) is 6.50. The molecule has 0 aromatic heterocycles. The molecule has 1 unspecified atom stereocenters. The Labute approximate surface area is 168 Å². The van der Waals surface area contributed by atoms with E-state index in [9.17, 15) is 9.59 Å². The van der Waals surface area contributed by atoms with Gasteiger partial charge < -0.3 is 20.4 Å². The van der Waals surface area contributed by atoms with Crippen molar-refractivity contribution in [2.75, 3.05) is 33.2 Å². The second-order valence-corrected chi connectivity index (χ2v) is 7.44. The number of nitrogens with zero attached hydrogens (tertiary/aromatic N) is 2. The van der Waals surface area contributed by atoms with E-state index in [-0.39, 0.29) is 36.3 Å². The zero-order valence-electron chi connectivity index (χ0n) is 16.0. The van der Waals surface area contributed by atoms with Crippen molar-refractivity contribution < 1.29 is 9.59 Å². The van der Waals surface area contributed by atoms with Crippen molar-refractivity contribution in [2.24, 2.45) is 5.92 Å². The summed E-state index contributed by atoms with van der Waals surface area (Å²) in [5.41, 5.74) is 1.12. The minimum atomic E-state index is 0. The lowest BCUT2D eigenvalue weighted by atomic mass is 9.95. The number of likely N-dealkylation sites (tertiary alicyclic amines) is 1. The van der Waals surface area contributed by atoms with Gasteiger partial charge >= 0.3 is 6.03 Å². The minimum Gasteiger partial charge on any atom is -0.352 e. The average molecular weight is 395 g/mol. The average Bonchev–Trinajstić information content (AvgIpc) is 2.69. The highest BCUT2D eigenvalue weighted by molar-refractivity contribution is 5.85. The molecule has 6 nitrogen and oxygen atoms in total. The largest absolute Gasteiger partial charge is 0.352 e. The molecule has 1 aromatic carbocycles. The molecule has 0 radical (unpaired) electrons. The Bertz CT molecular complexity index is 599. The number of rotatable bonds is 4. The summed E-state index contributed by atoms with van der Waals surface area (Å²) in [6, 6.07) is 10.3. The van der Waals surface area contributed by atoms with E-state index in [1.165, 1.54) is 0 Å². The third kappa shape index (κ3) is 6.11. The SMILES string of the molecule is CN(Cc1ccccc1)C(=O)N1CCC(C(=O)NC2CCCNC2)CC1.Cl. The second-order valence-electron chi connectivity index (χ2n) is 7.44. The van der Waals surface area contributed by atoms with Gasteiger partial charge in [0.25, 0.3) is 0 Å². The molecule has 0 bridgehead atoms. The van der Waals surface area contributed by atoms with Gasteiger partial charge in [0.15, 0.2) is 0 Å². The molecular weight excluding hydrogens is 364 g/mol. The number of carbonyl (C=O) groups is 2. The summed E-state index contributed by atoms with van der Waals surface area (Å²) in [6.07, 6.45) is 3.67. The maximum atomic E-state index is 12.6. The highest BCUT2D eigenvalue weighted by Gasteiger charge is 2.29. The zero-order valence-corrected chi connectivity index (χ0v) is 16.8. The van der Waals surface area contributed by atoms with Crippen molar-refractivity contribution in [1.29, 1.82) is 0 Å². The van der Waals surface area contributed by atoms with Crippen LogP contribution in [0.1, 0.15) is 31.2 Å². The molecule has 2 aliphatic heterocycles. The highest BCUT2D eigenvalue weighted by atomic mass is 35.5. The van der Waals surface area contributed by atoms with E-state index in [2.05, 4.69) is 10.6 Å². The van der Waals surface area contributed by atoms with E-state index in [4.69, 9.17) is 0 Å². The lowest BCUT2D eigenvalue weighted by Gasteiger charge is -2.35. The second kappa shape index (κ2) is 10.5. The minimum absolute atomic E-state index is 0. The van der Waals surface area contributed by atoms with E-state index in [1.54, 1.807) is 4.90 Å². The summed E-state index contributed by atoms with van der Waals surface area (Å²) in [4.78, 5) is 28.7. The Morgan fingerprint density at radius 3 is 2.52 bits per heavy atom. The van der Waals surface area contributed by atoms with E-state index in [1.807, 2.05) is 42.3 Å². The molecule has 2 aliphatic rings. The number of halogens is 1. The number of amides is 3. The fourth-order valence-electron chi connectivity index (χ4n) is 3.79. The summed E-state index contributed by atoms with van der Waals surface area (Å²) < 4.78 is 0. The van der Waals surface area contributed by atoms with Crippen LogP contribution in [-0.2, 0) is 11.3 Å². The highest BCUT2D eigenvalue weighted by Crippen LogP contribution is 2.19. The van der Waals surface area contributed by atoms with Crippen LogP contribution >= 0.6 is 12.4 Å². The van der Waals surface area contributed by atoms with Gasteiger partial charge in [-0.25, -0.2) is 4.79 Å². The lowest BCUT2D eigenvalue weighted by molar-refractivity contribution is -0.127. The van der Waals surface area contributed by atoms with Gasteiger partial charge in [0.1, 0.15) is 0 Å². The van der Waals surface area contributed by atoms with E-state index in [0.29, 0.717) is 19.6 Å². The molecule has 1 atom stereocenters. The van der Waals surface area contributed by atoms with Gasteiger partial charge in [-0.1, -0.05) is 30.3 Å². The normalized spacial score (nSPS) is 20.5. The van der Waals surface area contributed by atoms with E-state index < -0.39 is 0 Å². The van der Waals surface area contributed by atoms with Crippen LogP contribution in [0.2, 0.25) is 0 Å². The third-order valence-corrected chi connectivity index (χ3v) is 5.37. The maximum Gasteiger partial charge on any atom is 0.320 e. The molecule has 3 rings (SSSR count). The van der Waals surface area contributed by atoms with Crippen LogP contribution in [0.15, 0.2) is 30.3 Å². The Morgan fingerprint density at radius 2 is 1.89 bits per heavy atom. The molecule has 7 heteroatoms. The van der Waals surface area contributed by atoms with Crippen molar-refractivity contribution in [3.05, 3.63) is 35.9 Å². The van der Waals surface area contributed by atoms with Gasteiger partial charge in [-0.3, -0.25) is 4.79 Å². The Kier molecular flexibility index (Phi) is 8.38. The predicted octanol–water partition coefficient (Wildman–Crippen LogP) is 2.24. The fourth-order valence-corrected chi connectivity index (χ4v) is 3.79. The first-order chi connectivity index (χ1) is 12.6. The molecule has 2 fully saturated rings. The number of carbonyl (C=O) groups excluding carboxylic acids is 2. The fraction of sp³-hybridized carbons (Fsp3) is 0.600. The van der Waals surface area contributed by atoms with Crippen LogP contribution in [0.3, 0.4) is 0 Å². The molecule has 0 saturated carbocycles. The van der Waals surface area contributed by atoms with Crippen LogP contribution in [0.5, 0.6) is 0 Å². The molecule has 0 aliphatic carbocycles. The molecule has 0 spiro atoms. The topological polar surface area (TPSA) is 64.7 Å². The number of piperidine rings is 2. The number of hydrogen-bond acceptors (Lipinski definition) is 3. The van der Waals surface area contributed by atoms with Gasteiger partial charge in [-0.05, 0) is 37.8 Å². The Hall–Kier alpha value is -1.79. The molecular formula is C20H31ClN4O2. The van der Waals surface area contributed by atoms with Crippen molar-refractivity contribution in [2.45, 2.75) is 38.3 Å². The first-order valence-electron chi connectivity index (χ1n) is 9.68. The van der Waals surface area contributed by atoms with Crippen molar-refractivity contribution in [1.82, 2.24) is 20.4 Å². The Balaban J connectivity index is 0.00000261. The number of nitrogens with one attached hydrogen (secondary N) is 2. The van der Waals surface area contributed by atoms with Crippen LogP contribution in [0.4, 0.5) is 4.79 Å². The lowest BCUT2D eigenvalue weighted by Crippen LogP contribution is -2.50. The molecule has 1 aromatic rings. The van der Waals surface area contributed by atoms with Crippen molar-refractivity contribution >= 4 is 24.3 Å². The molecule has 150 valence electrons. The zero-order chi connectivity index (χ0) is 18.4. The van der Waals surface area contributed by atoms with Gasteiger partial charge in [0.2, 0.25) is 5.91 Å². The predicted molar refractivity (Wildman–Crippen MR) is 109 cm³/mol. The summed E-state index contributed by atoms with van der Waals surface area (Å²) >= 11 is 0. The number of urea groups is 1. The van der Waals surface area contributed by atoms with Gasteiger partial charge in [-0.2, -0.15) is 0 Å². The van der Waals surface area contributed by atoms with Crippen LogP contribution in [-0.4, -0.2) is 61.0 Å². The number of benzene rings is 1. The smallest absolute Gasteiger partial charge is 0.320 e. The molecule has 2 N–H and O–H groups in total. The van der Waals surface area contributed by atoms with Gasteiger partial charge in [0.05, 0.1) is 0 Å². The standard InChI is InChI=1S/C20H30N4O2.ClH/c1-23(15-16-6-3-2-4-7-16)20(26)24-12-9-17(10-13-24)19(25)22-18-8-5-11-21-14-18;/h2-4,6-7,17-18,21H,5,8-15H2,1H3,(H,22,25);1H. The molecule has 3 amide bonds. The summed E-state index contributed by atoms with van der Waals surface area (Å²) in [6.45, 7) is 3.82. The summed E-state index contributed by atoms with van der Waals surface area (Å²) in [7, 11) is 1.84. The van der Waals surface area contributed by atoms with E-state index in [0.717, 1.165) is 44.3 Å². The first kappa shape index (κ1) is 21.5. The number of hydrogen-bond donors (Lipinski definition) is 2. The van der Waals surface area contributed by atoms with Gasteiger partial charge in [0, 0.05) is 45.2 Å². The van der Waals surface area contributed by atoms with Crippen LogP contribution in [0, 0.1) is 5.92 Å².